The van der Waals surface area contributed by atoms with Crippen LogP contribution in [-0.2, 0) is 9.47 Å². The number of methoxy groups -OCH3 is 1. The number of hydrogen-bond acceptors (Lipinski definition) is 3. The van der Waals surface area contributed by atoms with E-state index in [2.05, 4.69) is 9.47 Å². The van der Waals surface area contributed by atoms with Crippen molar-refractivity contribution in [3.8, 4) is 0 Å². The molecule has 0 fully saturated rings. The first-order valence-corrected chi connectivity index (χ1v) is 3.29. The van der Waals surface area contributed by atoms with E-state index in [1.54, 1.807) is 12.2 Å². The van der Waals surface area contributed by atoms with Gasteiger partial charge in [-0.05, 0) is 13.0 Å². The molecule has 0 aromatic rings. The highest BCUT2D eigenvalue weighted by Crippen LogP contribution is 1.83. The van der Waals surface area contributed by atoms with Gasteiger partial charge in [0.05, 0.1) is 7.11 Å². The van der Waals surface area contributed by atoms with Crippen molar-refractivity contribution in [2.75, 3.05) is 13.7 Å². The number of carbonyl (C=O) groups excluding carboxylic acids is 1. The van der Waals surface area contributed by atoms with Gasteiger partial charge in [0, 0.05) is 0 Å². The monoisotopic (exact) mass is 156 g/mol. The lowest BCUT2D eigenvalue weighted by Crippen LogP contribution is -2.03. The maximum Gasteiger partial charge on any atom is 0.508 e. The van der Waals surface area contributed by atoms with Gasteiger partial charge in [0.2, 0.25) is 0 Å². The Morgan fingerprint density at radius 1 is 1.45 bits per heavy atom. The summed E-state index contributed by atoms with van der Waals surface area (Å²) >= 11 is 0. The Labute approximate surface area is 66.3 Å². The molecule has 3 heteroatoms. The first-order valence-electron chi connectivity index (χ1n) is 3.29. The molecule has 0 heterocycles. The Balaban J connectivity index is 3.33. The fourth-order valence-corrected chi connectivity index (χ4v) is 0.420. The topological polar surface area (TPSA) is 35.5 Å². The van der Waals surface area contributed by atoms with Crippen LogP contribution in [-0.4, -0.2) is 19.9 Å². The van der Waals surface area contributed by atoms with E-state index in [4.69, 9.17) is 0 Å². The van der Waals surface area contributed by atoms with Gasteiger partial charge in [-0.25, -0.2) is 4.79 Å². The highest BCUT2D eigenvalue weighted by Gasteiger charge is 1.94. The molecule has 0 saturated carbocycles. The molecule has 0 rings (SSSR count). The van der Waals surface area contributed by atoms with Crippen LogP contribution < -0.4 is 0 Å². The number of ether oxygens (including phenoxy) is 2. The second kappa shape index (κ2) is 6.86. The van der Waals surface area contributed by atoms with E-state index in [1.807, 2.05) is 19.1 Å². The fourth-order valence-electron chi connectivity index (χ4n) is 0.420. The average Bonchev–Trinajstić information content (AvgIpc) is 2.04. The van der Waals surface area contributed by atoms with Crippen molar-refractivity contribution in [1.29, 1.82) is 0 Å². The van der Waals surface area contributed by atoms with Crippen LogP contribution >= 0.6 is 0 Å². The van der Waals surface area contributed by atoms with Crippen LogP contribution in [0, 0.1) is 0 Å². The molecule has 0 saturated heterocycles. The number of allylic oxidation sites excluding steroid dienone is 3. The summed E-state index contributed by atoms with van der Waals surface area (Å²) in [5.41, 5.74) is 0. The third kappa shape index (κ3) is 6.64. The van der Waals surface area contributed by atoms with Gasteiger partial charge in [-0.2, -0.15) is 0 Å². The lowest BCUT2D eigenvalue weighted by Gasteiger charge is -1.96. The molecule has 0 atom stereocenters. The van der Waals surface area contributed by atoms with Crippen LogP contribution in [0.5, 0.6) is 0 Å². The van der Waals surface area contributed by atoms with Crippen LogP contribution in [0.15, 0.2) is 24.3 Å². The van der Waals surface area contributed by atoms with E-state index in [1.165, 1.54) is 7.11 Å². The van der Waals surface area contributed by atoms with Gasteiger partial charge < -0.3 is 9.47 Å². The van der Waals surface area contributed by atoms with Crippen LogP contribution in [0.1, 0.15) is 6.92 Å². The fraction of sp³-hybridized carbons (Fsp3) is 0.375. The molecule has 0 aliphatic rings. The molecule has 0 aromatic carbocycles. The molecule has 0 N–H and O–H groups in total. The minimum Gasteiger partial charge on any atom is -0.438 e. The van der Waals surface area contributed by atoms with Gasteiger partial charge >= 0.3 is 6.16 Å². The van der Waals surface area contributed by atoms with Gasteiger partial charge in [-0.3, -0.25) is 0 Å². The molecule has 0 aliphatic carbocycles. The Bertz CT molecular complexity index is 159. The molecular weight excluding hydrogens is 144 g/mol. The summed E-state index contributed by atoms with van der Waals surface area (Å²) in [6.45, 7) is 2.16. The smallest absolute Gasteiger partial charge is 0.438 e. The van der Waals surface area contributed by atoms with Crippen molar-refractivity contribution in [3.63, 3.8) is 0 Å². The first-order chi connectivity index (χ1) is 5.31. The van der Waals surface area contributed by atoms with Gasteiger partial charge in [0.25, 0.3) is 0 Å². The molecule has 11 heavy (non-hydrogen) atoms. The lowest BCUT2D eigenvalue weighted by molar-refractivity contribution is 0.0818. The Morgan fingerprint density at radius 2 is 2.18 bits per heavy atom. The molecule has 3 nitrogen and oxygen atoms in total. The average molecular weight is 156 g/mol. The van der Waals surface area contributed by atoms with Gasteiger partial charge in [0.1, 0.15) is 6.61 Å². The Hall–Kier alpha value is -1.25. The van der Waals surface area contributed by atoms with E-state index in [9.17, 15) is 4.79 Å². The summed E-state index contributed by atoms with van der Waals surface area (Å²) in [7, 11) is 1.28. The second-order valence-corrected chi connectivity index (χ2v) is 1.72. The summed E-state index contributed by atoms with van der Waals surface area (Å²) in [5, 5.41) is 0. The third-order valence-corrected chi connectivity index (χ3v) is 0.904. The minimum absolute atomic E-state index is 0.247. The van der Waals surface area contributed by atoms with E-state index < -0.39 is 6.16 Å². The predicted octanol–water partition coefficient (Wildman–Crippen LogP) is 1.90. The van der Waals surface area contributed by atoms with Crippen molar-refractivity contribution in [3.05, 3.63) is 24.3 Å². The quantitative estimate of drug-likeness (QED) is 0.462. The van der Waals surface area contributed by atoms with E-state index in [0.29, 0.717) is 0 Å². The maximum atomic E-state index is 10.3. The molecule has 0 spiro atoms. The maximum absolute atomic E-state index is 10.3. The molecule has 0 amide bonds. The summed E-state index contributed by atoms with van der Waals surface area (Å²) in [6.07, 6.45) is 6.59. The van der Waals surface area contributed by atoms with Gasteiger partial charge in [0.15, 0.2) is 0 Å². The van der Waals surface area contributed by atoms with E-state index >= 15 is 0 Å². The van der Waals surface area contributed by atoms with Crippen LogP contribution in [0.4, 0.5) is 4.79 Å². The molecular formula is C8H12O3. The normalized spacial score (nSPS) is 10.7. The van der Waals surface area contributed by atoms with E-state index in [0.717, 1.165) is 0 Å². The minimum atomic E-state index is -0.657. The summed E-state index contributed by atoms with van der Waals surface area (Å²) < 4.78 is 8.80. The van der Waals surface area contributed by atoms with Crippen molar-refractivity contribution in [2.24, 2.45) is 0 Å². The summed E-state index contributed by atoms with van der Waals surface area (Å²) in [6, 6.07) is 0. The molecule has 0 aliphatic heterocycles. The molecule has 0 aromatic heterocycles. The highest BCUT2D eigenvalue weighted by atomic mass is 16.7. The van der Waals surface area contributed by atoms with Crippen LogP contribution in [0.25, 0.3) is 0 Å². The molecule has 62 valence electrons. The summed E-state index contributed by atoms with van der Waals surface area (Å²) in [4.78, 5) is 10.3. The van der Waals surface area contributed by atoms with Crippen LogP contribution in [0.2, 0.25) is 0 Å². The Kier molecular flexibility index (Phi) is 6.08. The predicted molar refractivity (Wildman–Crippen MR) is 42.3 cm³/mol. The molecule has 0 bridgehead atoms. The standard InChI is InChI=1S/C8H12O3/c1-3-4-5-6-7-11-8(9)10-2/h3-6H,7H2,1-2H3/b4-3+,6-5+. The SMILES string of the molecule is C/C=C/C=C/COC(=O)OC. The first kappa shape index (κ1) is 9.75. The summed E-state index contributed by atoms with van der Waals surface area (Å²) in [5.74, 6) is 0. The number of hydrogen-bond donors (Lipinski definition) is 0. The van der Waals surface area contributed by atoms with Crippen molar-refractivity contribution < 1.29 is 14.3 Å². The zero-order valence-corrected chi connectivity index (χ0v) is 6.74. The van der Waals surface area contributed by atoms with Crippen molar-refractivity contribution in [2.45, 2.75) is 6.92 Å². The number of carbonyl (C=O) groups is 1. The van der Waals surface area contributed by atoms with Gasteiger partial charge in [-0.1, -0.05) is 18.2 Å². The van der Waals surface area contributed by atoms with Crippen LogP contribution in [0.3, 0.4) is 0 Å². The second-order valence-electron chi connectivity index (χ2n) is 1.72. The van der Waals surface area contributed by atoms with Gasteiger partial charge in [-0.15, -0.1) is 0 Å². The molecule has 0 unspecified atom stereocenters. The lowest BCUT2D eigenvalue weighted by atomic mass is 10.4. The largest absolute Gasteiger partial charge is 0.508 e. The third-order valence-electron chi connectivity index (χ3n) is 0.904. The van der Waals surface area contributed by atoms with E-state index in [-0.39, 0.29) is 6.61 Å². The Morgan fingerprint density at radius 3 is 2.73 bits per heavy atom. The molecule has 0 radical (unpaired) electrons. The number of rotatable bonds is 3. The van der Waals surface area contributed by atoms with Crippen molar-refractivity contribution >= 4 is 6.16 Å². The highest BCUT2D eigenvalue weighted by molar-refractivity contribution is 5.59. The zero-order chi connectivity index (χ0) is 8.53. The van der Waals surface area contributed by atoms with Crippen molar-refractivity contribution in [1.82, 2.24) is 0 Å². The zero-order valence-electron chi connectivity index (χ0n) is 6.74.